The number of nitro groups is 1. The van der Waals surface area contributed by atoms with Crippen LogP contribution in [-0.2, 0) is 0 Å². The fourth-order valence-corrected chi connectivity index (χ4v) is 1.42. The zero-order valence-electron chi connectivity index (χ0n) is 8.31. The van der Waals surface area contributed by atoms with E-state index < -0.39 is 17.4 Å². The third-order valence-electron chi connectivity index (χ3n) is 2.28. The maximum atomic E-state index is 12.4. The highest BCUT2D eigenvalue weighted by Gasteiger charge is 2.26. The van der Waals surface area contributed by atoms with E-state index in [1.807, 2.05) is 0 Å². The predicted octanol–water partition coefficient (Wildman–Crippen LogP) is 2.20. The van der Waals surface area contributed by atoms with Gasteiger partial charge in [-0.05, 0) is 11.5 Å². The summed E-state index contributed by atoms with van der Waals surface area (Å²) >= 11 is 0. The van der Waals surface area contributed by atoms with Crippen molar-refractivity contribution in [2.45, 2.75) is 0 Å². The summed E-state index contributed by atoms with van der Waals surface area (Å²) in [5, 5.41) is 10.7. The van der Waals surface area contributed by atoms with Crippen LogP contribution in [0.3, 0.4) is 0 Å². The van der Waals surface area contributed by atoms with Crippen molar-refractivity contribution in [2.24, 2.45) is 0 Å². The number of hydrogen-bond donors (Lipinski definition) is 0. The van der Waals surface area contributed by atoms with Crippen molar-refractivity contribution < 1.29 is 17.9 Å². The van der Waals surface area contributed by atoms with E-state index in [-0.39, 0.29) is 16.6 Å². The van der Waals surface area contributed by atoms with Crippen molar-refractivity contribution in [3.63, 3.8) is 0 Å². The summed E-state index contributed by atoms with van der Waals surface area (Å²) in [5.74, 6) is 0. The van der Waals surface area contributed by atoms with Gasteiger partial charge in [-0.15, -0.1) is 0 Å². The summed E-state index contributed by atoms with van der Waals surface area (Å²) in [6.45, 7) is -5.11. The molecule has 0 fully saturated rings. The van der Waals surface area contributed by atoms with Crippen molar-refractivity contribution in [1.29, 1.82) is 0 Å². The third-order valence-corrected chi connectivity index (χ3v) is 2.28. The van der Waals surface area contributed by atoms with Crippen LogP contribution < -0.4 is 5.46 Å². The van der Waals surface area contributed by atoms with Crippen LogP contribution >= 0.6 is 0 Å². The van der Waals surface area contributed by atoms with Crippen LogP contribution in [0, 0.1) is 10.1 Å². The van der Waals surface area contributed by atoms with E-state index >= 15 is 0 Å². The Bertz CT molecular complexity index is 600. The number of pyridine rings is 1. The van der Waals surface area contributed by atoms with E-state index in [0.29, 0.717) is 6.20 Å². The second-order valence-electron chi connectivity index (χ2n) is 3.48. The fraction of sp³-hybridized carbons (Fsp3) is 0. The van der Waals surface area contributed by atoms with Crippen LogP contribution in [0.5, 0.6) is 0 Å². The first kappa shape index (κ1) is 11.4. The number of rotatable bonds is 2. The Balaban J connectivity index is 2.58. The highest BCUT2D eigenvalue weighted by atomic mass is 19.4. The van der Waals surface area contributed by atoms with Crippen molar-refractivity contribution in [3.05, 3.63) is 40.6 Å². The molecule has 0 amide bonds. The lowest BCUT2D eigenvalue weighted by Gasteiger charge is -2.14. The molecule has 0 aliphatic rings. The fourth-order valence-electron chi connectivity index (χ4n) is 1.42. The van der Waals surface area contributed by atoms with Gasteiger partial charge >= 0.3 is 6.98 Å². The SMILES string of the molecule is O=[N+]([O-])c1ccc2cc([B-](F)(F)F)cnc2c1. The molecule has 0 aliphatic carbocycles. The number of hydrogen-bond acceptors (Lipinski definition) is 3. The molecule has 4 nitrogen and oxygen atoms in total. The summed E-state index contributed by atoms with van der Waals surface area (Å²) in [6.07, 6.45) is 0.687. The number of aromatic nitrogens is 1. The Morgan fingerprint density at radius 1 is 1.24 bits per heavy atom. The number of fused-ring (bicyclic) bond motifs is 1. The highest BCUT2D eigenvalue weighted by Crippen LogP contribution is 2.19. The lowest BCUT2D eigenvalue weighted by molar-refractivity contribution is -0.384. The van der Waals surface area contributed by atoms with Gasteiger partial charge in [0.05, 0.1) is 10.4 Å². The summed E-state index contributed by atoms with van der Waals surface area (Å²) in [5.41, 5.74) is -0.843. The maximum Gasteiger partial charge on any atom is 0.511 e. The Kier molecular flexibility index (Phi) is 2.49. The number of non-ortho nitro benzene ring substituents is 1. The molecule has 0 saturated heterocycles. The van der Waals surface area contributed by atoms with E-state index in [1.54, 1.807) is 0 Å². The zero-order valence-corrected chi connectivity index (χ0v) is 8.31. The second-order valence-corrected chi connectivity index (χ2v) is 3.48. The van der Waals surface area contributed by atoms with E-state index in [4.69, 9.17) is 0 Å². The first-order chi connectivity index (χ1) is 7.88. The van der Waals surface area contributed by atoms with Crippen LogP contribution in [0.2, 0.25) is 0 Å². The highest BCUT2D eigenvalue weighted by molar-refractivity contribution is 6.73. The van der Waals surface area contributed by atoms with Crippen molar-refractivity contribution >= 4 is 29.0 Å². The molecule has 2 rings (SSSR count). The van der Waals surface area contributed by atoms with Crippen LogP contribution in [-0.4, -0.2) is 16.9 Å². The first-order valence-electron chi connectivity index (χ1n) is 4.62. The minimum absolute atomic E-state index is 0.169. The van der Waals surface area contributed by atoms with Gasteiger partial charge in [0, 0.05) is 18.3 Å². The van der Waals surface area contributed by atoms with Gasteiger partial charge in [-0.2, -0.15) is 0 Å². The van der Waals surface area contributed by atoms with E-state index in [9.17, 15) is 23.1 Å². The molecular weight excluding hydrogens is 236 g/mol. The monoisotopic (exact) mass is 241 g/mol. The third kappa shape index (κ3) is 2.20. The molecular formula is C9H5BF3N2O2-. The van der Waals surface area contributed by atoms with Gasteiger partial charge in [0.2, 0.25) is 0 Å². The van der Waals surface area contributed by atoms with Gasteiger partial charge in [0.1, 0.15) is 0 Å². The molecule has 0 radical (unpaired) electrons. The maximum absolute atomic E-state index is 12.4. The molecule has 0 unspecified atom stereocenters. The predicted molar refractivity (Wildman–Crippen MR) is 57.1 cm³/mol. The van der Waals surface area contributed by atoms with Gasteiger partial charge in [-0.3, -0.25) is 15.1 Å². The average molecular weight is 241 g/mol. The molecule has 8 heteroatoms. The van der Waals surface area contributed by atoms with Crippen LogP contribution in [0.4, 0.5) is 18.6 Å². The smallest absolute Gasteiger partial charge is 0.445 e. The van der Waals surface area contributed by atoms with Crippen LogP contribution in [0.1, 0.15) is 0 Å². The molecule has 1 aromatic heterocycles. The van der Waals surface area contributed by atoms with Gasteiger partial charge < -0.3 is 12.9 Å². The molecule has 0 spiro atoms. The van der Waals surface area contributed by atoms with Gasteiger partial charge in [0.25, 0.3) is 5.69 Å². The molecule has 1 aromatic carbocycles. The van der Waals surface area contributed by atoms with E-state index in [2.05, 4.69) is 4.98 Å². The molecule has 0 N–H and O–H groups in total. The standard InChI is InChI=1S/C9H5BF3N2O2/c11-10(12,13)7-3-6-1-2-8(15(16)17)4-9(6)14-5-7/h1-5H/q-1. The van der Waals surface area contributed by atoms with Crippen molar-refractivity contribution in [2.75, 3.05) is 0 Å². The first-order valence-corrected chi connectivity index (χ1v) is 4.62. The summed E-state index contributed by atoms with van der Waals surface area (Å²) in [7, 11) is 0. The summed E-state index contributed by atoms with van der Waals surface area (Å²) in [4.78, 5) is 13.4. The van der Waals surface area contributed by atoms with Gasteiger partial charge in [-0.1, -0.05) is 11.5 Å². The zero-order chi connectivity index (χ0) is 12.6. The summed E-state index contributed by atoms with van der Waals surface area (Å²) < 4.78 is 37.3. The topological polar surface area (TPSA) is 56.0 Å². The number of nitrogens with zero attached hydrogens (tertiary/aromatic N) is 2. The van der Waals surface area contributed by atoms with Gasteiger partial charge in [-0.25, -0.2) is 0 Å². The lowest BCUT2D eigenvalue weighted by Crippen LogP contribution is -2.34. The van der Waals surface area contributed by atoms with E-state index in [0.717, 1.165) is 18.2 Å². The molecule has 17 heavy (non-hydrogen) atoms. The average Bonchev–Trinajstić information content (AvgIpc) is 2.26. The second kappa shape index (κ2) is 3.72. The minimum atomic E-state index is -5.11. The Morgan fingerprint density at radius 3 is 2.53 bits per heavy atom. The Hall–Kier alpha value is -2.12. The molecule has 0 atom stereocenters. The largest absolute Gasteiger partial charge is 0.511 e. The number of halogens is 3. The molecule has 0 aliphatic heterocycles. The minimum Gasteiger partial charge on any atom is -0.445 e. The lowest BCUT2D eigenvalue weighted by atomic mass is 9.81. The number of benzene rings is 1. The Labute approximate surface area is 93.3 Å². The Morgan fingerprint density at radius 2 is 1.94 bits per heavy atom. The molecule has 88 valence electrons. The van der Waals surface area contributed by atoms with Crippen LogP contribution in [0.15, 0.2) is 30.5 Å². The molecule has 0 bridgehead atoms. The van der Waals surface area contributed by atoms with Crippen molar-refractivity contribution in [1.82, 2.24) is 4.98 Å². The molecule has 2 aromatic rings. The van der Waals surface area contributed by atoms with E-state index in [1.165, 1.54) is 6.07 Å². The summed E-state index contributed by atoms with van der Waals surface area (Å²) in [6, 6.07) is 4.48. The van der Waals surface area contributed by atoms with Crippen molar-refractivity contribution in [3.8, 4) is 0 Å². The quantitative estimate of drug-likeness (QED) is 0.460. The molecule has 0 saturated carbocycles. The molecule has 1 heterocycles. The number of nitro benzene ring substituents is 1. The van der Waals surface area contributed by atoms with Crippen LogP contribution in [0.25, 0.3) is 10.9 Å². The normalized spacial score (nSPS) is 11.7. The van der Waals surface area contributed by atoms with Gasteiger partial charge in [0.15, 0.2) is 0 Å².